The van der Waals surface area contributed by atoms with Crippen molar-refractivity contribution in [1.29, 1.82) is 0 Å². The van der Waals surface area contributed by atoms with Gasteiger partial charge < -0.3 is 10.6 Å². The highest BCUT2D eigenvalue weighted by Crippen LogP contribution is 2.06. The molecule has 0 aromatic heterocycles. The van der Waals surface area contributed by atoms with Crippen LogP contribution in [0.2, 0.25) is 0 Å². The summed E-state index contributed by atoms with van der Waals surface area (Å²) < 4.78 is 0. The zero-order chi connectivity index (χ0) is 13.4. The average Bonchev–Trinajstić information content (AvgIpc) is 2.42. The lowest BCUT2D eigenvalue weighted by Crippen LogP contribution is -2.35. The first-order valence-corrected chi connectivity index (χ1v) is 6.64. The van der Waals surface area contributed by atoms with Crippen LogP contribution in [0, 0.1) is 5.92 Å². The molecule has 1 atom stereocenters. The number of hydrogen-bond acceptors (Lipinski definition) is 2. The number of benzene rings is 1. The zero-order valence-corrected chi connectivity index (χ0v) is 12.7. The Bertz CT molecular complexity index is 356. The predicted octanol–water partition coefficient (Wildman–Crippen LogP) is 2.48. The molecule has 1 unspecified atom stereocenters. The molecule has 0 saturated carbocycles. The van der Waals surface area contributed by atoms with Crippen LogP contribution in [0.1, 0.15) is 25.3 Å². The molecule has 4 heteroatoms. The molecule has 0 bridgehead atoms. The van der Waals surface area contributed by atoms with Gasteiger partial charge in [-0.1, -0.05) is 37.3 Å². The molecule has 1 aromatic carbocycles. The summed E-state index contributed by atoms with van der Waals surface area (Å²) in [6, 6.07) is 10.4. The molecule has 0 radical (unpaired) electrons. The minimum absolute atomic E-state index is 0. The molecule has 0 aliphatic rings. The molecule has 1 aromatic rings. The molecule has 0 heterocycles. The predicted molar refractivity (Wildman–Crippen MR) is 82.5 cm³/mol. The second-order valence-electron chi connectivity index (χ2n) is 4.84. The molecule has 0 aliphatic heterocycles. The van der Waals surface area contributed by atoms with E-state index in [9.17, 15) is 4.79 Å². The van der Waals surface area contributed by atoms with E-state index >= 15 is 0 Å². The Labute approximate surface area is 122 Å². The van der Waals surface area contributed by atoms with Gasteiger partial charge in [0.25, 0.3) is 0 Å². The lowest BCUT2D eigenvalue weighted by molar-refractivity contribution is -0.133. The number of unbranched alkanes of at least 4 members (excludes halogenated alkanes) is 1. The molecule has 2 N–H and O–H groups in total. The van der Waals surface area contributed by atoms with Gasteiger partial charge in [0.1, 0.15) is 0 Å². The van der Waals surface area contributed by atoms with Crippen LogP contribution in [0.3, 0.4) is 0 Å². The molecule has 1 amide bonds. The summed E-state index contributed by atoms with van der Waals surface area (Å²) in [7, 11) is 1.86. The van der Waals surface area contributed by atoms with Crippen LogP contribution < -0.4 is 5.73 Å². The Kier molecular flexibility index (Phi) is 9.27. The Morgan fingerprint density at radius 3 is 2.47 bits per heavy atom. The maximum absolute atomic E-state index is 11.8. The van der Waals surface area contributed by atoms with Crippen LogP contribution in [0.25, 0.3) is 0 Å². The second kappa shape index (κ2) is 9.82. The van der Waals surface area contributed by atoms with Gasteiger partial charge in [-0.15, -0.1) is 12.4 Å². The van der Waals surface area contributed by atoms with Crippen molar-refractivity contribution < 1.29 is 4.79 Å². The van der Waals surface area contributed by atoms with Gasteiger partial charge in [-0.05, 0) is 24.8 Å². The van der Waals surface area contributed by atoms with Crippen LogP contribution >= 0.6 is 12.4 Å². The van der Waals surface area contributed by atoms with Gasteiger partial charge in [0.15, 0.2) is 0 Å². The number of amides is 1. The third-order valence-corrected chi connectivity index (χ3v) is 3.20. The SMILES string of the molecule is CC(CN)C(=O)N(C)CCCCc1ccccc1.Cl. The minimum atomic E-state index is -0.0656. The number of aryl methyl sites for hydroxylation is 1. The molecular formula is C15H25ClN2O. The van der Waals surface area contributed by atoms with Gasteiger partial charge in [0, 0.05) is 26.1 Å². The third-order valence-electron chi connectivity index (χ3n) is 3.20. The number of carbonyl (C=O) groups is 1. The monoisotopic (exact) mass is 284 g/mol. The summed E-state index contributed by atoms with van der Waals surface area (Å²) in [5.41, 5.74) is 6.86. The van der Waals surface area contributed by atoms with Crippen LogP contribution in [0.4, 0.5) is 0 Å². The third kappa shape index (κ3) is 6.60. The fourth-order valence-corrected chi connectivity index (χ4v) is 1.91. The molecule has 1 rings (SSSR count). The highest BCUT2D eigenvalue weighted by Gasteiger charge is 2.14. The molecular weight excluding hydrogens is 260 g/mol. The summed E-state index contributed by atoms with van der Waals surface area (Å²) in [5, 5.41) is 0. The van der Waals surface area contributed by atoms with Gasteiger partial charge in [0.2, 0.25) is 5.91 Å². The summed E-state index contributed by atoms with van der Waals surface area (Å²) in [4.78, 5) is 13.6. The number of carbonyl (C=O) groups excluding carboxylic acids is 1. The number of rotatable bonds is 7. The quantitative estimate of drug-likeness (QED) is 0.782. The molecule has 3 nitrogen and oxygen atoms in total. The molecule has 108 valence electrons. The van der Waals surface area contributed by atoms with Crippen LogP contribution in [-0.2, 0) is 11.2 Å². The molecule has 0 spiro atoms. The second-order valence-corrected chi connectivity index (χ2v) is 4.84. The maximum Gasteiger partial charge on any atom is 0.226 e. The number of hydrogen-bond donors (Lipinski definition) is 1. The van der Waals surface area contributed by atoms with E-state index in [4.69, 9.17) is 5.73 Å². The van der Waals surface area contributed by atoms with Crippen molar-refractivity contribution in [2.45, 2.75) is 26.2 Å². The van der Waals surface area contributed by atoms with Gasteiger partial charge >= 0.3 is 0 Å². The highest BCUT2D eigenvalue weighted by molar-refractivity contribution is 5.85. The zero-order valence-electron chi connectivity index (χ0n) is 11.8. The van der Waals surface area contributed by atoms with Crippen LogP contribution in [0.15, 0.2) is 30.3 Å². The van der Waals surface area contributed by atoms with Crippen molar-refractivity contribution in [3.05, 3.63) is 35.9 Å². The van der Waals surface area contributed by atoms with Gasteiger partial charge in [-0.25, -0.2) is 0 Å². The normalized spacial score (nSPS) is 11.5. The molecule has 0 fully saturated rings. The van der Waals surface area contributed by atoms with E-state index in [1.54, 1.807) is 4.90 Å². The van der Waals surface area contributed by atoms with Gasteiger partial charge in [-0.2, -0.15) is 0 Å². The lowest BCUT2D eigenvalue weighted by Gasteiger charge is -2.20. The van der Waals surface area contributed by atoms with E-state index in [2.05, 4.69) is 24.3 Å². The first-order valence-electron chi connectivity index (χ1n) is 6.64. The van der Waals surface area contributed by atoms with E-state index in [0.29, 0.717) is 6.54 Å². The summed E-state index contributed by atoms with van der Waals surface area (Å²) >= 11 is 0. The standard InChI is InChI=1S/C15H24N2O.ClH/c1-13(12-16)15(18)17(2)11-7-6-10-14-8-4-3-5-9-14;/h3-5,8-9,13H,6-7,10-12,16H2,1-2H3;1H. The van der Waals surface area contributed by atoms with E-state index in [-0.39, 0.29) is 24.2 Å². The first kappa shape index (κ1) is 17.9. The smallest absolute Gasteiger partial charge is 0.226 e. The largest absolute Gasteiger partial charge is 0.345 e. The molecule has 19 heavy (non-hydrogen) atoms. The summed E-state index contributed by atoms with van der Waals surface area (Å²) in [6.45, 7) is 3.12. The Balaban J connectivity index is 0.00000324. The fraction of sp³-hybridized carbons (Fsp3) is 0.533. The van der Waals surface area contributed by atoms with E-state index in [1.165, 1.54) is 5.56 Å². The first-order chi connectivity index (χ1) is 8.65. The lowest BCUT2D eigenvalue weighted by atomic mass is 10.1. The van der Waals surface area contributed by atoms with Crippen molar-refractivity contribution in [2.75, 3.05) is 20.1 Å². The minimum Gasteiger partial charge on any atom is -0.345 e. The summed E-state index contributed by atoms with van der Waals surface area (Å²) in [5.74, 6) is 0.0846. The van der Waals surface area contributed by atoms with E-state index < -0.39 is 0 Å². The molecule has 0 saturated heterocycles. The van der Waals surface area contributed by atoms with Crippen molar-refractivity contribution >= 4 is 18.3 Å². The van der Waals surface area contributed by atoms with Crippen molar-refractivity contribution in [3.63, 3.8) is 0 Å². The van der Waals surface area contributed by atoms with Crippen LogP contribution in [-0.4, -0.2) is 30.9 Å². The fourth-order valence-electron chi connectivity index (χ4n) is 1.91. The number of nitrogens with zero attached hydrogens (tertiary/aromatic N) is 1. The van der Waals surface area contributed by atoms with Crippen molar-refractivity contribution in [3.8, 4) is 0 Å². The number of halogens is 1. The van der Waals surface area contributed by atoms with E-state index in [1.807, 2.05) is 20.0 Å². The highest BCUT2D eigenvalue weighted by atomic mass is 35.5. The van der Waals surface area contributed by atoms with Crippen molar-refractivity contribution in [2.24, 2.45) is 11.7 Å². The summed E-state index contributed by atoms with van der Waals surface area (Å²) in [6.07, 6.45) is 3.22. The van der Waals surface area contributed by atoms with Crippen molar-refractivity contribution in [1.82, 2.24) is 4.90 Å². The number of nitrogens with two attached hydrogens (primary N) is 1. The Hall–Kier alpha value is -1.06. The average molecular weight is 285 g/mol. The van der Waals surface area contributed by atoms with Crippen LogP contribution in [0.5, 0.6) is 0 Å². The van der Waals surface area contributed by atoms with Gasteiger partial charge in [-0.3, -0.25) is 4.79 Å². The Morgan fingerprint density at radius 2 is 1.89 bits per heavy atom. The topological polar surface area (TPSA) is 46.3 Å². The maximum atomic E-state index is 11.8. The van der Waals surface area contributed by atoms with E-state index in [0.717, 1.165) is 25.8 Å². The van der Waals surface area contributed by atoms with Gasteiger partial charge in [0.05, 0.1) is 0 Å². The Morgan fingerprint density at radius 1 is 1.26 bits per heavy atom. The molecule has 0 aliphatic carbocycles.